The second-order valence-electron chi connectivity index (χ2n) is 9.60. The second-order valence-corrected chi connectivity index (χ2v) is 9.60. The van der Waals surface area contributed by atoms with Crippen LogP contribution in [-0.2, 0) is 20.9 Å². The van der Waals surface area contributed by atoms with Crippen molar-refractivity contribution in [3.63, 3.8) is 0 Å². The van der Waals surface area contributed by atoms with Gasteiger partial charge in [0.2, 0.25) is 11.8 Å². The maximum Gasteiger partial charge on any atom is 0.260 e. The largest absolute Gasteiger partial charge is 0.345 e. The molecule has 35 heavy (non-hydrogen) atoms. The number of allylic oxidation sites excluding steroid dienone is 1. The first-order valence-electron chi connectivity index (χ1n) is 12.1. The summed E-state index contributed by atoms with van der Waals surface area (Å²) in [6.45, 7) is 8.29. The van der Waals surface area contributed by atoms with Crippen molar-refractivity contribution in [2.75, 3.05) is 6.54 Å². The quantitative estimate of drug-likeness (QED) is 0.315. The van der Waals surface area contributed by atoms with Crippen LogP contribution in [0.2, 0.25) is 0 Å². The zero-order valence-electron chi connectivity index (χ0n) is 21.1. The molecule has 0 spiro atoms. The molecule has 0 radical (unpaired) electrons. The number of nitrogens with zero attached hydrogens (tertiary/aromatic N) is 2. The van der Waals surface area contributed by atoms with Crippen LogP contribution in [0.3, 0.4) is 0 Å². The lowest BCUT2D eigenvalue weighted by Gasteiger charge is -2.30. The molecule has 0 unspecified atom stereocenters. The van der Waals surface area contributed by atoms with Crippen molar-refractivity contribution in [3.8, 4) is 0 Å². The minimum absolute atomic E-state index is 0.0925. The number of hydrazine groups is 1. The Morgan fingerprint density at radius 3 is 2.17 bits per heavy atom. The second kappa shape index (κ2) is 14.1. The summed E-state index contributed by atoms with van der Waals surface area (Å²) in [5.41, 5.74) is 5.47. The van der Waals surface area contributed by atoms with Crippen LogP contribution in [0.4, 0.5) is 0 Å². The number of carbonyl (C=O) groups is 3. The topological polar surface area (TPSA) is 104 Å². The van der Waals surface area contributed by atoms with Crippen molar-refractivity contribution in [2.24, 2.45) is 23.7 Å². The predicted octanol–water partition coefficient (Wildman–Crippen LogP) is 3.89. The number of nitrogens with one attached hydrogen (secondary N) is 2. The Morgan fingerprint density at radius 1 is 0.943 bits per heavy atom. The van der Waals surface area contributed by atoms with Gasteiger partial charge in [0.1, 0.15) is 6.54 Å². The maximum atomic E-state index is 13.5. The lowest BCUT2D eigenvalue weighted by atomic mass is 9.82. The van der Waals surface area contributed by atoms with E-state index in [-0.39, 0.29) is 30.7 Å². The van der Waals surface area contributed by atoms with E-state index in [9.17, 15) is 19.6 Å². The molecule has 2 aromatic rings. The highest BCUT2D eigenvalue weighted by Gasteiger charge is 2.35. The molecule has 0 saturated carbocycles. The SMILES string of the molecule is CC(C)C[C@@H](C(=O)NN(CC(C)C)C(=O)Cn1cccc1)[C@H](C/C=C/c1ccccc1)C(=O)NO. The van der Waals surface area contributed by atoms with E-state index in [4.69, 9.17) is 0 Å². The fraction of sp³-hybridized carbons (Fsp3) is 0.444. The molecule has 3 amide bonds. The Kier molecular flexibility index (Phi) is 11.2. The van der Waals surface area contributed by atoms with E-state index in [2.05, 4.69) is 5.43 Å². The van der Waals surface area contributed by atoms with Gasteiger partial charge in [0.25, 0.3) is 5.91 Å². The van der Waals surface area contributed by atoms with Crippen LogP contribution in [0, 0.1) is 23.7 Å². The molecule has 0 aliphatic rings. The molecule has 0 aliphatic heterocycles. The van der Waals surface area contributed by atoms with Crippen LogP contribution < -0.4 is 10.9 Å². The fourth-order valence-corrected chi connectivity index (χ4v) is 3.92. The van der Waals surface area contributed by atoms with E-state index >= 15 is 0 Å². The maximum absolute atomic E-state index is 13.5. The third-order valence-corrected chi connectivity index (χ3v) is 5.57. The monoisotopic (exact) mass is 482 g/mol. The van der Waals surface area contributed by atoms with E-state index < -0.39 is 23.7 Å². The smallest absolute Gasteiger partial charge is 0.260 e. The third-order valence-electron chi connectivity index (χ3n) is 5.57. The number of aromatic nitrogens is 1. The Labute approximate surface area is 207 Å². The molecule has 3 N–H and O–H groups in total. The van der Waals surface area contributed by atoms with Gasteiger partial charge in [-0.2, -0.15) is 0 Å². The summed E-state index contributed by atoms with van der Waals surface area (Å²) >= 11 is 0. The zero-order chi connectivity index (χ0) is 25.8. The summed E-state index contributed by atoms with van der Waals surface area (Å²) in [6.07, 6.45) is 7.97. The van der Waals surface area contributed by atoms with E-state index in [1.165, 1.54) is 5.01 Å². The van der Waals surface area contributed by atoms with Gasteiger partial charge >= 0.3 is 0 Å². The first-order valence-corrected chi connectivity index (χ1v) is 12.1. The highest BCUT2D eigenvalue weighted by Crippen LogP contribution is 2.25. The number of hydroxylamine groups is 1. The standard InChI is InChI=1S/C27H38N4O4/c1-20(2)17-24(23(27(34)29-35)14-10-13-22-11-6-5-7-12-22)26(33)28-31(18-21(3)4)25(32)19-30-15-8-9-16-30/h5-13,15-16,20-21,23-24,35H,14,17-19H2,1-4H3,(H,28,33)(H,29,34)/b13-10+/t23-,24+/m0/s1. The first kappa shape index (κ1) is 27.9. The van der Waals surface area contributed by atoms with E-state index in [1.807, 2.05) is 82.3 Å². The minimum Gasteiger partial charge on any atom is -0.345 e. The fourth-order valence-electron chi connectivity index (χ4n) is 3.92. The number of hydrogen-bond donors (Lipinski definition) is 3. The van der Waals surface area contributed by atoms with Crippen molar-refractivity contribution in [3.05, 3.63) is 66.5 Å². The van der Waals surface area contributed by atoms with Crippen LogP contribution in [0.1, 0.15) is 46.1 Å². The molecule has 8 nitrogen and oxygen atoms in total. The molecule has 1 aromatic heterocycles. The van der Waals surface area contributed by atoms with Gasteiger partial charge < -0.3 is 4.57 Å². The van der Waals surface area contributed by atoms with Crippen LogP contribution in [-0.4, -0.2) is 39.0 Å². The predicted molar refractivity (Wildman–Crippen MR) is 136 cm³/mol. The highest BCUT2D eigenvalue weighted by molar-refractivity contribution is 5.89. The summed E-state index contributed by atoms with van der Waals surface area (Å²) in [7, 11) is 0. The van der Waals surface area contributed by atoms with Crippen molar-refractivity contribution in [2.45, 2.75) is 47.1 Å². The number of rotatable bonds is 12. The van der Waals surface area contributed by atoms with Gasteiger partial charge in [-0.1, -0.05) is 70.2 Å². The van der Waals surface area contributed by atoms with Crippen LogP contribution in [0.15, 0.2) is 60.9 Å². The van der Waals surface area contributed by atoms with Gasteiger partial charge in [-0.05, 0) is 42.4 Å². The van der Waals surface area contributed by atoms with Crippen LogP contribution in [0.25, 0.3) is 6.08 Å². The molecule has 0 fully saturated rings. The summed E-state index contributed by atoms with van der Waals surface area (Å²) < 4.78 is 1.74. The molecule has 190 valence electrons. The van der Waals surface area contributed by atoms with E-state index in [0.717, 1.165) is 5.56 Å². The van der Waals surface area contributed by atoms with Gasteiger partial charge in [0, 0.05) is 18.9 Å². The van der Waals surface area contributed by atoms with Gasteiger partial charge in [-0.15, -0.1) is 0 Å². The lowest BCUT2D eigenvalue weighted by Crippen LogP contribution is -2.53. The van der Waals surface area contributed by atoms with Crippen molar-refractivity contribution >= 4 is 23.8 Å². The van der Waals surface area contributed by atoms with Crippen molar-refractivity contribution < 1.29 is 19.6 Å². The highest BCUT2D eigenvalue weighted by atomic mass is 16.5. The van der Waals surface area contributed by atoms with Gasteiger partial charge in [-0.3, -0.25) is 30.0 Å². The molecule has 0 bridgehead atoms. The molecule has 1 aromatic carbocycles. The summed E-state index contributed by atoms with van der Waals surface area (Å²) in [5.74, 6) is -2.60. The molecule has 2 atom stereocenters. The number of carbonyl (C=O) groups excluding carboxylic acids is 3. The third kappa shape index (κ3) is 9.41. The molecule has 8 heteroatoms. The Bertz CT molecular complexity index is 955. The molecule has 2 rings (SSSR count). The first-order chi connectivity index (χ1) is 16.7. The van der Waals surface area contributed by atoms with Crippen molar-refractivity contribution in [1.82, 2.24) is 20.5 Å². The molecular weight excluding hydrogens is 444 g/mol. The summed E-state index contributed by atoms with van der Waals surface area (Å²) in [6, 6.07) is 13.3. The van der Waals surface area contributed by atoms with Crippen molar-refractivity contribution in [1.29, 1.82) is 0 Å². The Morgan fingerprint density at radius 2 is 1.60 bits per heavy atom. The lowest BCUT2D eigenvalue weighted by molar-refractivity contribution is -0.148. The van der Waals surface area contributed by atoms with Crippen LogP contribution in [0.5, 0.6) is 0 Å². The van der Waals surface area contributed by atoms with E-state index in [0.29, 0.717) is 13.0 Å². The molecule has 1 heterocycles. The zero-order valence-corrected chi connectivity index (χ0v) is 21.1. The summed E-state index contributed by atoms with van der Waals surface area (Å²) in [4.78, 5) is 39.1. The molecular formula is C27H38N4O4. The number of amides is 3. The van der Waals surface area contributed by atoms with Crippen LogP contribution >= 0.6 is 0 Å². The molecule has 0 saturated heterocycles. The Balaban J connectivity index is 2.23. The average molecular weight is 483 g/mol. The van der Waals surface area contributed by atoms with Gasteiger partial charge in [0.05, 0.1) is 11.8 Å². The minimum atomic E-state index is -0.803. The number of hydrogen-bond acceptors (Lipinski definition) is 4. The Hall–Kier alpha value is -3.39. The molecule has 0 aliphatic carbocycles. The normalized spacial score (nSPS) is 13.1. The van der Waals surface area contributed by atoms with Gasteiger partial charge in [0.15, 0.2) is 0 Å². The van der Waals surface area contributed by atoms with Gasteiger partial charge in [-0.25, -0.2) is 5.48 Å². The average Bonchev–Trinajstić information content (AvgIpc) is 3.33. The number of benzene rings is 1. The van der Waals surface area contributed by atoms with E-state index in [1.54, 1.807) is 22.4 Å². The summed E-state index contributed by atoms with van der Waals surface area (Å²) in [5, 5.41) is 10.7.